The van der Waals surface area contributed by atoms with Gasteiger partial charge in [0, 0.05) is 24.7 Å². The van der Waals surface area contributed by atoms with Gasteiger partial charge in [-0.1, -0.05) is 0 Å². The Hall–Kier alpha value is -0.830. The zero-order chi connectivity index (χ0) is 9.68. The first-order valence-electron chi connectivity index (χ1n) is 4.36. The second-order valence-electron chi connectivity index (χ2n) is 3.06. The standard InChI is InChI=1S/C9H14ClN3/c1-8(2)13(7-5-10)9-4-3-6-11-12-9/h3-4,6,8H,5,7H2,1-2H3. The van der Waals surface area contributed by atoms with Gasteiger partial charge in [0.25, 0.3) is 0 Å². The number of aromatic nitrogens is 2. The Labute approximate surface area is 83.7 Å². The van der Waals surface area contributed by atoms with E-state index in [1.54, 1.807) is 6.20 Å². The first-order chi connectivity index (χ1) is 6.25. The van der Waals surface area contributed by atoms with Gasteiger partial charge in [-0.2, -0.15) is 5.10 Å². The Kier molecular flexibility index (Phi) is 3.96. The van der Waals surface area contributed by atoms with Crippen LogP contribution < -0.4 is 4.90 Å². The lowest BCUT2D eigenvalue weighted by molar-refractivity contribution is 0.688. The van der Waals surface area contributed by atoms with Gasteiger partial charge in [0.2, 0.25) is 0 Å². The number of rotatable bonds is 4. The maximum absolute atomic E-state index is 5.70. The molecule has 0 aliphatic carbocycles. The maximum Gasteiger partial charge on any atom is 0.151 e. The fourth-order valence-corrected chi connectivity index (χ4v) is 1.36. The number of nitrogens with zero attached hydrogens (tertiary/aromatic N) is 3. The van der Waals surface area contributed by atoms with Crippen molar-refractivity contribution in [3.05, 3.63) is 18.3 Å². The summed E-state index contributed by atoms with van der Waals surface area (Å²) < 4.78 is 0. The molecule has 3 nitrogen and oxygen atoms in total. The van der Waals surface area contributed by atoms with Gasteiger partial charge in [0.05, 0.1) is 0 Å². The average molecular weight is 200 g/mol. The van der Waals surface area contributed by atoms with E-state index in [1.807, 2.05) is 12.1 Å². The maximum atomic E-state index is 5.70. The summed E-state index contributed by atoms with van der Waals surface area (Å²) in [7, 11) is 0. The van der Waals surface area contributed by atoms with Crippen molar-refractivity contribution >= 4 is 17.4 Å². The molecule has 0 saturated carbocycles. The smallest absolute Gasteiger partial charge is 0.151 e. The Morgan fingerprint density at radius 1 is 1.54 bits per heavy atom. The van der Waals surface area contributed by atoms with Gasteiger partial charge in [-0.25, -0.2) is 0 Å². The lowest BCUT2D eigenvalue weighted by Crippen LogP contribution is -2.33. The molecule has 0 fully saturated rings. The molecular weight excluding hydrogens is 186 g/mol. The van der Waals surface area contributed by atoms with Crippen LogP contribution in [0.2, 0.25) is 0 Å². The second kappa shape index (κ2) is 5.02. The minimum atomic E-state index is 0.399. The molecule has 1 aromatic rings. The normalized spacial score (nSPS) is 10.5. The molecule has 0 spiro atoms. The van der Waals surface area contributed by atoms with Crippen LogP contribution in [0.25, 0.3) is 0 Å². The molecule has 0 unspecified atom stereocenters. The topological polar surface area (TPSA) is 29.0 Å². The SMILES string of the molecule is CC(C)N(CCCl)c1cccnn1. The van der Waals surface area contributed by atoms with E-state index >= 15 is 0 Å². The van der Waals surface area contributed by atoms with E-state index in [0.717, 1.165) is 12.4 Å². The van der Waals surface area contributed by atoms with Gasteiger partial charge >= 0.3 is 0 Å². The molecule has 0 atom stereocenters. The lowest BCUT2D eigenvalue weighted by Gasteiger charge is -2.26. The molecule has 0 bridgehead atoms. The molecule has 0 N–H and O–H groups in total. The molecule has 0 amide bonds. The van der Waals surface area contributed by atoms with Crippen molar-refractivity contribution in [2.24, 2.45) is 0 Å². The van der Waals surface area contributed by atoms with Gasteiger partial charge in [-0.15, -0.1) is 16.7 Å². The second-order valence-corrected chi connectivity index (χ2v) is 3.44. The minimum Gasteiger partial charge on any atom is -0.352 e. The number of alkyl halides is 1. The molecular formula is C9H14ClN3. The fraction of sp³-hybridized carbons (Fsp3) is 0.556. The largest absolute Gasteiger partial charge is 0.352 e. The molecule has 0 aromatic carbocycles. The third-order valence-electron chi connectivity index (χ3n) is 1.80. The molecule has 0 aliphatic rings. The van der Waals surface area contributed by atoms with Crippen molar-refractivity contribution in [3.63, 3.8) is 0 Å². The molecule has 0 aliphatic heterocycles. The monoisotopic (exact) mass is 199 g/mol. The number of anilines is 1. The van der Waals surface area contributed by atoms with Crippen LogP contribution >= 0.6 is 11.6 Å². The van der Waals surface area contributed by atoms with Gasteiger partial charge < -0.3 is 4.90 Å². The van der Waals surface area contributed by atoms with Crippen LogP contribution in [0.1, 0.15) is 13.8 Å². The van der Waals surface area contributed by atoms with E-state index in [9.17, 15) is 0 Å². The van der Waals surface area contributed by atoms with Crippen molar-refractivity contribution in [2.75, 3.05) is 17.3 Å². The molecule has 1 aromatic heterocycles. The number of hydrogen-bond acceptors (Lipinski definition) is 3. The van der Waals surface area contributed by atoms with E-state index in [2.05, 4.69) is 28.9 Å². The highest BCUT2D eigenvalue weighted by Gasteiger charge is 2.10. The van der Waals surface area contributed by atoms with Crippen LogP contribution in [0.4, 0.5) is 5.82 Å². The third kappa shape index (κ3) is 2.84. The van der Waals surface area contributed by atoms with Crippen molar-refractivity contribution in [1.82, 2.24) is 10.2 Å². The summed E-state index contributed by atoms with van der Waals surface area (Å²) in [6.45, 7) is 5.03. The predicted molar refractivity (Wildman–Crippen MR) is 55.2 cm³/mol. The number of halogens is 1. The van der Waals surface area contributed by atoms with E-state index in [4.69, 9.17) is 11.6 Å². The first kappa shape index (κ1) is 10.3. The van der Waals surface area contributed by atoms with Gasteiger partial charge in [0.1, 0.15) is 0 Å². The molecule has 0 saturated heterocycles. The summed E-state index contributed by atoms with van der Waals surface area (Å²) in [5, 5.41) is 7.87. The first-order valence-corrected chi connectivity index (χ1v) is 4.89. The summed E-state index contributed by atoms with van der Waals surface area (Å²) in [6.07, 6.45) is 1.67. The Morgan fingerprint density at radius 2 is 2.31 bits per heavy atom. The van der Waals surface area contributed by atoms with Crippen LogP contribution in [0.5, 0.6) is 0 Å². The highest BCUT2D eigenvalue weighted by atomic mass is 35.5. The van der Waals surface area contributed by atoms with Gasteiger partial charge in [0.15, 0.2) is 5.82 Å². The lowest BCUT2D eigenvalue weighted by atomic mass is 10.3. The van der Waals surface area contributed by atoms with Crippen LogP contribution in [0, 0.1) is 0 Å². The Balaban J connectivity index is 2.76. The van der Waals surface area contributed by atoms with Crippen LogP contribution in [0.3, 0.4) is 0 Å². The van der Waals surface area contributed by atoms with Crippen molar-refractivity contribution in [3.8, 4) is 0 Å². The van der Waals surface area contributed by atoms with Crippen molar-refractivity contribution < 1.29 is 0 Å². The Bertz CT molecular complexity index is 238. The van der Waals surface area contributed by atoms with E-state index < -0.39 is 0 Å². The highest BCUT2D eigenvalue weighted by molar-refractivity contribution is 6.18. The minimum absolute atomic E-state index is 0.399. The molecule has 0 radical (unpaired) electrons. The summed E-state index contributed by atoms with van der Waals surface area (Å²) in [4.78, 5) is 2.12. The fourth-order valence-electron chi connectivity index (χ4n) is 1.17. The van der Waals surface area contributed by atoms with E-state index in [0.29, 0.717) is 11.9 Å². The van der Waals surface area contributed by atoms with Gasteiger partial charge in [-0.3, -0.25) is 0 Å². The highest BCUT2D eigenvalue weighted by Crippen LogP contribution is 2.11. The molecule has 4 heteroatoms. The summed E-state index contributed by atoms with van der Waals surface area (Å²) in [5.74, 6) is 1.49. The number of hydrogen-bond donors (Lipinski definition) is 0. The quantitative estimate of drug-likeness (QED) is 0.694. The van der Waals surface area contributed by atoms with E-state index in [-0.39, 0.29) is 0 Å². The van der Waals surface area contributed by atoms with Crippen LogP contribution in [-0.2, 0) is 0 Å². The summed E-state index contributed by atoms with van der Waals surface area (Å²) in [6, 6.07) is 4.22. The zero-order valence-corrected chi connectivity index (χ0v) is 8.70. The van der Waals surface area contributed by atoms with Crippen LogP contribution in [-0.4, -0.2) is 28.7 Å². The van der Waals surface area contributed by atoms with Crippen molar-refractivity contribution in [2.45, 2.75) is 19.9 Å². The third-order valence-corrected chi connectivity index (χ3v) is 1.97. The Morgan fingerprint density at radius 3 is 2.77 bits per heavy atom. The molecule has 13 heavy (non-hydrogen) atoms. The zero-order valence-electron chi connectivity index (χ0n) is 7.94. The molecule has 72 valence electrons. The predicted octanol–water partition coefficient (Wildman–Crippen LogP) is 1.93. The van der Waals surface area contributed by atoms with E-state index in [1.165, 1.54) is 0 Å². The van der Waals surface area contributed by atoms with Gasteiger partial charge in [-0.05, 0) is 26.0 Å². The summed E-state index contributed by atoms with van der Waals surface area (Å²) >= 11 is 5.70. The van der Waals surface area contributed by atoms with Crippen LogP contribution in [0.15, 0.2) is 18.3 Å². The molecule has 1 rings (SSSR count). The summed E-state index contributed by atoms with van der Waals surface area (Å²) in [5.41, 5.74) is 0. The van der Waals surface area contributed by atoms with Crippen molar-refractivity contribution in [1.29, 1.82) is 0 Å². The molecule has 1 heterocycles. The average Bonchev–Trinajstić information content (AvgIpc) is 2.15.